The third kappa shape index (κ3) is 5.16. The van der Waals surface area contributed by atoms with E-state index in [0.717, 1.165) is 5.69 Å². The van der Waals surface area contributed by atoms with E-state index in [1.54, 1.807) is 23.1 Å². The van der Waals surface area contributed by atoms with Gasteiger partial charge in [-0.1, -0.05) is 24.3 Å². The van der Waals surface area contributed by atoms with Crippen LogP contribution in [0.3, 0.4) is 0 Å². The van der Waals surface area contributed by atoms with Crippen LogP contribution >= 0.6 is 0 Å². The second kappa shape index (κ2) is 8.97. The van der Waals surface area contributed by atoms with Crippen molar-refractivity contribution in [3.8, 4) is 0 Å². The number of nitrogens with one attached hydrogen (secondary N) is 2. The van der Waals surface area contributed by atoms with Gasteiger partial charge in [-0.15, -0.1) is 0 Å². The second-order valence-corrected chi connectivity index (χ2v) is 6.49. The highest BCUT2D eigenvalue weighted by atomic mass is 16.2. The molecule has 0 unspecified atom stereocenters. The number of carbonyl (C=O) groups is 2. The molecule has 0 aliphatic carbocycles. The summed E-state index contributed by atoms with van der Waals surface area (Å²) in [5.41, 5.74) is 3.16. The van der Waals surface area contributed by atoms with E-state index in [4.69, 9.17) is 0 Å². The molecule has 0 bridgehead atoms. The molecule has 148 valence electrons. The van der Waals surface area contributed by atoms with Crippen LogP contribution in [-0.4, -0.2) is 28.3 Å². The molecule has 1 aromatic heterocycles. The predicted octanol–water partition coefficient (Wildman–Crippen LogP) is 4.15. The van der Waals surface area contributed by atoms with E-state index in [0.29, 0.717) is 35.3 Å². The molecule has 7 heteroatoms. The maximum absolute atomic E-state index is 13.1. The highest BCUT2D eigenvalue weighted by Gasteiger charge is 2.19. The molecule has 29 heavy (non-hydrogen) atoms. The fourth-order valence-corrected chi connectivity index (χ4v) is 2.93. The Hall–Kier alpha value is -3.74. The molecule has 2 aromatic carbocycles. The summed E-state index contributed by atoms with van der Waals surface area (Å²) >= 11 is 0. The standard InChI is InChI=1S/C22H23N5O2/c1-4-27(19-11-6-5-7-12-19)21(29)20-13-15(2)23-22(26-20)25-18-10-8-9-17(14-18)24-16(3)28/h5-14H,4H2,1-3H3,(H,24,28)(H,23,25,26). The first kappa shape index (κ1) is 20.0. The van der Waals surface area contributed by atoms with Crippen LogP contribution in [-0.2, 0) is 4.79 Å². The molecule has 7 nitrogen and oxygen atoms in total. The maximum Gasteiger partial charge on any atom is 0.277 e. The third-order valence-corrected chi connectivity index (χ3v) is 4.14. The smallest absolute Gasteiger partial charge is 0.277 e. The number of benzene rings is 2. The van der Waals surface area contributed by atoms with E-state index < -0.39 is 0 Å². The SMILES string of the molecule is CCN(C(=O)c1cc(C)nc(Nc2cccc(NC(C)=O)c2)n1)c1ccccc1. The molecule has 3 rings (SSSR count). The summed E-state index contributed by atoms with van der Waals surface area (Å²) in [6.07, 6.45) is 0. The number of nitrogens with zero attached hydrogens (tertiary/aromatic N) is 3. The summed E-state index contributed by atoms with van der Waals surface area (Å²) in [5, 5.41) is 5.84. The van der Waals surface area contributed by atoms with Gasteiger partial charge in [-0.3, -0.25) is 9.59 Å². The lowest BCUT2D eigenvalue weighted by Gasteiger charge is -2.21. The number of anilines is 4. The van der Waals surface area contributed by atoms with Gasteiger partial charge in [0.2, 0.25) is 11.9 Å². The zero-order valence-electron chi connectivity index (χ0n) is 16.6. The van der Waals surface area contributed by atoms with Gasteiger partial charge in [0.15, 0.2) is 0 Å². The molecule has 3 aromatic rings. The van der Waals surface area contributed by atoms with Gasteiger partial charge >= 0.3 is 0 Å². The summed E-state index contributed by atoms with van der Waals surface area (Å²) in [6, 6.07) is 18.4. The molecule has 0 atom stereocenters. The Bertz CT molecular complexity index is 1020. The zero-order chi connectivity index (χ0) is 20.8. The number of rotatable bonds is 6. The lowest BCUT2D eigenvalue weighted by atomic mass is 10.2. The van der Waals surface area contributed by atoms with Crippen LogP contribution in [0, 0.1) is 6.92 Å². The van der Waals surface area contributed by atoms with Crippen LogP contribution in [0.15, 0.2) is 60.7 Å². The molecule has 2 N–H and O–H groups in total. The van der Waals surface area contributed by atoms with E-state index in [1.807, 2.05) is 56.3 Å². The van der Waals surface area contributed by atoms with Gasteiger partial charge in [-0.2, -0.15) is 0 Å². The quantitative estimate of drug-likeness (QED) is 0.661. The molecule has 1 heterocycles. The summed E-state index contributed by atoms with van der Waals surface area (Å²) in [4.78, 5) is 34.8. The van der Waals surface area contributed by atoms with Crippen molar-refractivity contribution in [2.24, 2.45) is 0 Å². The Morgan fingerprint density at radius 2 is 1.69 bits per heavy atom. The van der Waals surface area contributed by atoms with Gasteiger partial charge < -0.3 is 15.5 Å². The third-order valence-electron chi connectivity index (χ3n) is 4.14. The van der Waals surface area contributed by atoms with Crippen molar-refractivity contribution < 1.29 is 9.59 Å². The Labute approximate surface area is 169 Å². The Morgan fingerprint density at radius 1 is 0.966 bits per heavy atom. The Balaban J connectivity index is 1.86. The van der Waals surface area contributed by atoms with E-state index in [-0.39, 0.29) is 11.8 Å². The first-order chi connectivity index (χ1) is 14.0. The normalized spacial score (nSPS) is 10.3. The van der Waals surface area contributed by atoms with Gasteiger partial charge in [0.25, 0.3) is 5.91 Å². The first-order valence-corrected chi connectivity index (χ1v) is 9.33. The van der Waals surface area contributed by atoms with E-state index >= 15 is 0 Å². The minimum atomic E-state index is -0.195. The molecular weight excluding hydrogens is 366 g/mol. The molecule has 2 amide bonds. The lowest BCUT2D eigenvalue weighted by molar-refractivity contribution is -0.114. The predicted molar refractivity (Wildman–Crippen MR) is 115 cm³/mol. The van der Waals surface area contributed by atoms with Gasteiger partial charge in [-0.25, -0.2) is 9.97 Å². The maximum atomic E-state index is 13.1. The molecule has 0 saturated heterocycles. The number of para-hydroxylation sites is 1. The van der Waals surface area contributed by atoms with E-state index in [1.165, 1.54) is 6.92 Å². The van der Waals surface area contributed by atoms with Crippen LogP contribution in [0.2, 0.25) is 0 Å². The fourth-order valence-electron chi connectivity index (χ4n) is 2.93. The highest BCUT2D eigenvalue weighted by Crippen LogP contribution is 2.20. The molecule has 0 aliphatic heterocycles. The number of hydrogen-bond donors (Lipinski definition) is 2. The van der Waals surface area contributed by atoms with Crippen molar-refractivity contribution in [2.45, 2.75) is 20.8 Å². The second-order valence-electron chi connectivity index (χ2n) is 6.49. The van der Waals surface area contributed by atoms with Gasteiger partial charge in [-0.05, 0) is 50.2 Å². The highest BCUT2D eigenvalue weighted by molar-refractivity contribution is 6.05. The van der Waals surface area contributed by atoms with Gasteiger partial charge in [0.05, 0.1) is 0 Å². The summed E-state index contributed by atoms with van der Waals surface area (Å²) in [5.74, 6) is -0.0286. The summed E-state index contributed by atoms with van der Waals surface area (Å²) in [6.45, 7) is 5.71. The van der Waals surface area contributed by atoms with E-state index in [2.05, 4.69) is 20.6 Å². The van der Waals surface area contributed by atoms with Crippen molar-refractivity contribution in [2.75, 3.05) is 22.1 Å². The van der Waals surface area contributed by atoms with Crippen molar-refractivity contribution >= 4 is 34.8 Å². The molecule has 0 radical (unpaired) electrons. The lowest BCUT2D eigenvalue weighted by Crippen LogP contribution is -2.31. The average Bonchev–Trinajstić information content (AvgIpc) is 2.68. The molecule has 0 aliphatic rings. The molecular formula is C22H23N5O2. The minimum absolute atomic E-state index is 0.151. The van der Waals surface area contributed by atoms with Crippen LogP contribution < -0.4 is 15.5 Å². The molecule has 0 spiro atoms. The van der Waals surface area contributed by atoms with E-state index in [9.17, 15) is 9.59 Å². The van der Waals surface area contributed by atoms with Crippen LogP contribution in [0.25, 0.3) is 0 Å². The van der Waals surface area contributed by atoms with Crippen molar-refractivity contribution in [3.63, 3.8) is 0 Å². The van der Waals surface area contributed by atoms with Gasteiger partial charge in [0, 0.05) is 36.2 Å². The van der Waals surface area contributed by atoms with Crippen LogP contribution in [0.4, 0.5) is 23.0 Å². The zero-order valence-corrected chi connectivity index (χ0v) is 16.6. The molecule has 0 fully saturated rings. The number of aryl methyl sites for hydroxylation is 1. The Morgan fingerprint density at radius 3 is 2.38 bits per heavy atom. The van der Waals surface area contributed by atoms with Crippen molar-refractivity contribution in [1.29, 1.82) is 0 Å². The topological polar surface area (TPSA) is 87.2 Å². The summed E-state index contributed by atoms with van der Waals surface area (Å²) in [7, 11) is 0. The number of hydrogen-bond acceptors (Lipinski definition) is 5. The number of amides is 2. The monoisotopic (exact) mass is 389 g/mol. The number of aromatic nitrogens is 2. The average molecular weight is 389 g/mol. The summed E-state index contributed by atoms with van der Waals surface area (Å²) < 4.78 is 0. The first-order valence-electron chi connectivity index (χ1n) is 9.33. The molecule has 0 saturated carbocycles. The minimum Gasteiger partial charge on any atom is -0.326 e. The van der Waals surface area contributed by atoms with Crippen LogP contribution in [0.1, 0.15) is 30.0 Å². The van der Waals surface area contributed by atoms with Crippen molar-refractivity contribution in [3.05, 3.63) is 72.1 Å². The Kier molecular flexibility index (Phi) is 6.19. The van der Waals surface area contributed by atoms with Gasteiger partial charge in [0.1, 0.15) is 5.69 Å². The number of carbonyl (C=O) groups excluding carboxylic acids is 2. The largest absolute Gasteiger partial charge is 0.326 e. The van der Waals surface area contributed by atoms with Crippen molar-refractivity contribution in [1.82, 2.24) is 9.97 Å². The van der Waals surface area contributed by atoms with Crippen LogP contribution in [0.5, 0.6) is 0 Å². The fraction of sp³-hybridized carbons (Fsp3) is 0.182.